The number of nitrogen functional groups attached to an aromatic ring is 1. The molecular formula is C33H30N2O4. The third-order valence-corrected chi connectivity index (χ3v) is 7.42. The molecule has 0 spiro atoms. The third-order valence-electron chi connectivity index (χ3n) is 7.42. The largest absolute Gasteiger partial charge is 0.459 e. The first-order valence-electron chi connectivity index (χ1n) is 13.1. The Morgan fingerprint density at radius 3 is 2.49 bits per heavy atom. The fourth-order valence-electron chi connectivity index (χ4n) is 5.39. The van der Waals surface area contributed by atoms with Crippen LogP contribution in [-0.4, -0.2) is 17.3 Å². The van der Waals surface area contributed by atoms with Crippen molar-refractivity contribution in [1.82, 2.24) is 0 Å². The summed E-state index contributed by atoms with van der Waals surface area (Å²) >= 11 is 0. The van der Waals surface area contributed by atoms with Crippen molar-refractivity contribution in [3.05, 3.63) is 131 Å². The highest BCUT2D eigenvalue weighted by molar-refractivity contribution is 6.04. The van der Waals surface area contributed by atoms with E-state index >= 15 is 0 Å². The summed E-state index contributed by atoms with van der Waals surface area (Å²) in [5.41, 5.74) is 15.2. The highest BCUT2D eigenvalue weighted by Gasteiger charge is 2.32. The highest BCUT2D eigenvalue weighted by atomic mass is 16.7. The van der Waals surface area contributed by atoms with E-state index in [2.05, 4.69) is 47.8 Å². The van der Waals surface area contributed by atoms with Crippen LogP contribution < -0.4 is 11.1 Å². The molecule has 0 fully saturated rings. The van der Waals surface area contributed by atoms with Crippen molar-refractivity contribution in [2.24, 2.45) is 0 Å². The van der Waals surface area contributed by atoms with Crippen molar-refractivity contribution in [2.75, 3.05) is 11.1 Å². The molecule has 2 atom stereocenters. The molecule has 1 aliphatic carbocycles. The van der Waals surface area contributed by atoms with Crippen LogP contribution in [0.2, 0.25) is 0 Å². The van der Waals surface area contributed by atoms with Gasteiger partial charge in [-0.1, -0.05) is 78.9 Å². The molecule has 6 heteroatoms. The summed E-state index contributed by atoms with van der Waals surface area (Å²) in [5, 5.41) is 12.2. The lowest BCUT2D eigenvalue weighted by atomic mass is 9.87. The number of hydrogen-bond acceptors (Lipinski definition) is 5. The second kappa shape index (κ2) is 10.8. The van der Waals surface area contributed by atoms with Crippen molar-refractivity contribution in [3.8, 4) is 11.1 Å². The van der Waals surface area contributed by atoms with Gasteiger partial charge in [0, 0.05) is 12.3 Å². The number of allylic oxidation sites excluding steroid dienone is 1. The summed E-state index contributed by atoms with van der Waals surface area (Å²) in [5.74, 6) is -0.226. The first-order valence-corrected chi connectivity index (χ1v) is 13.1. The number of carbonyl (C=O) groups excluding carboxylic acids is 1. The summed E-state index contributed by atoms with van der Waals surface area (Å²) in [6, 6.07) is 29.6. The van der Waals surface area contributed by atoms with Crippen LogP contribution in [0.1, 0.15) is 40.2 Å². The molecule has 196 valence electrons. The topological polar surface area (TPSA) is 93.8 Å². The molecule has 4 aromatic carbocycles. The summed E-state index contributed by atoms with van der Waals surface area (Å²) in [7, 11) is 0. The molecule has 0 saturated carbocycles. The molecule has 39 heavy (non-hydrogen) atoms. The van der Waals surface area contributed by atoms with Gasteiger partial charge in [0.05, 0.1) is 24.6 Å². The SMILES string of the molecule is Nc1ccccc1NC(=O)C1=C[C@@H](c2cccc3c2Cc2ccccc2-3)C[C@@H](OCc2ccc(CO)cc2)O1. The van der Waals surface area contributed by atoms with Crippen molar-refractivity contribution in [2.45, 2.75) is 38.3 Å². The lowest BCUT2D eigenvalue weighted by molar-refractivity contribution is -0.147. The van der Waals surface area contributed by atoms with Crippen LogP contribution in [0.5, 0.6) is 0 Å². The zero-order valence-corrected chi connectivity index (χ0v) is 21.5. The molecule has 0 aromatic heterocycles. The van der Waals surface area contributed by atoms with E-state index in [1.807, 2.05) is 42.5 Å². The van der Waals surface area contributed by atoms with Crippen LogP contribution in [0.4, 0.5) is 11.4 Å². The molecule has 2 aliphatic rings. The number of nitrogens with two attached hydrogens (primary N) is 1. The molecule has 0 bridgehead atoms. The van der Waals surface area contributed by atoms with E-state index in [0.29, 0.717) is 24.4 Å². The average molecular weight is 519 g/mol. The number of para-hydroxylation sites is 2. The Bertz CT molecular complexity index is 1540. The number of rotatable bonds is 7. The predicted molar refractivity (Wildman–Crippen MR) is 152 cm³/mol. The number of fused-ring (bicyclic) bond motifs is 3. The van der Waals surface area contributed by atoms with Crippen molar-refractivity contribution in [1.29, 1.82) is 0 Å². The van der Waals surface area contributed by atoms with Crippen LogP contribution in [-0.2, 0) is 33.9 Å². The molecule has 0 radical (unpaired) electrons. The van der Waals surface area contributed by atoms with E-state index in [4.69, 9.17) is 15.2 Å². The highest BCUT2D eigenvalue weighted by Crippen LogP contribution is 2.43. The van der Waals surface area contributed by atoms with Crippen LogP contribution in [0, 0.1) is 0 Å². The number of benzene rings is 4. The number of nitrogens with one attached hydrogen (secondary N) is 1. The van der Waals surface area contributed by atoms with Gasteiger partial charge in [0.25, 0.3) is 5.91 Å². The summed E-state index contributed by atoms with van der Waals surface area (Å²) < 4.78 is 12.3. The quantitative estimate of drug-likeness (QED) is 0.233. The van der Waals surface area contributed by atoms with Crippen LogP contribution in [0.25, 0.3) is 11.1 Å². The van der Waals surface area contributed by atoms with Gasteiger partial charge in [-0.05, 0) is 63.6 Å². The molecule has 1 aliphatic heterocycles. The second-order valence-corrected chi connectivity index (χ2v) is 9.95. The molecular weight excluding hydrogens is 488 g/mol. The minimum atomic E-state index is -0.619. The summed E-state index contributed by atoms with van der Waals surface area (Å²) in [4.78, 5) is 13.4. The maximum Gasteiger partial charge on any atom is 0.290 e. The van der Waals surface area contributed by atoms with Crippen LogP contribution in [0.15, 0.2) is 103 Å². The van der Waals surface area contributed by atoms with Gasteiger partial charge < -0.3 is 25.6 Å². The number of aliphatic hydroxyl groups excluding tert-OH is 1. The van der Waals surface area contributed by atoms with E-state index in [1.165, 1.54) is 27.8 Å². The van der Waals surface area contributed by atoms with Gasteiger partial charge in [-0.2, -0.15) is 0 Å². The Balaban J connectivity index is 1.29. The second-order valence-electron chi connectivity index (χ2n) is 9.95. The fourth-order valence-corrected chi connectivity index (χ4v) is 5.39. The van der Waals surface area contributed by atoms with Crippen LogP contribution in [0.3, 0.4) is 0 Å². The first kappa shape index (κ1) is 24.9. The molecule has 6 rings (SSSR count). The predicted octanol–water partition coefficient (Wildman–Crippen LogP) is 5.90. The molecule has 0 unspecified atom stereocenters. The van der Waals surface area contributed by atoms with Crippen molar-refractivity contribution < 1.29 is 19.4 Å². The number of amides is 1. The van der Waals surface area contributed by atoms with Gasteiger partial charge in [0.15, 0.2) is 5.76 Å². The smallest absolute Gasteiger partial charge is 0.290 e. The first-order chi connectivity index (χ1) is 19.1. The monoisotopic (exact) mass is 518 g/mol. The zero-order valence-electron chi connectivity index (χ0n) is 21.5. The standard InChI is InChI=1S/C33H30N2O4/c34-29-10-3-4-11-30(29)35-33(37)31-17-24(18-32(39-31)38-20-22-14-12-21(19-36)13-15-22)26-8-5-9-27-25-7-2-1-6-23(25)16-28(26)27/h1-15,17,24,32,36H,16,18-20,34H2,(H,35,37)/t24-,32+/m1/s1. The van der Waals surface area contributed by atoms with Gasteiger partial charge in [0.1, 0.15) is 0 Å². The van der Waals surface area contributed by atoms with Crippen LogP contribution >= 0.6 is 0 Å². The van der Waals surface area contributed by atoms with E-state index in [-0.39, 0.29) is 24.2 Å². The summed E-state index contributed by atoms with van der Waals surface area (Å²) in [6.07, 6.45) is 2.72. The summed E-state index contributed by atoms with van der Waals surface area (Å²) in [6.45, 7) is 0.316. The Morgan fingerprint density at radius 2 is 1.67 bits per heavy atom. The minimum absolute atomic E-state index is 0.00495. The van der Waals surface area contributed by atoms with Gasteiger partial charge in [-0.25, -0.2) is 0 Å². The molecule has 4 aromatic rings. The van der Waals surface area contributed by atoms with E-state index < -0.39 is 6.29 Å². The molecule has 1 amide bonds. The number of ether oxygens (including phenoxy) is 2. The average Bonchev–Trinajstić information content (AvgIpc) is 3.36. The number of aliphatic hydroxyl groups is 1. The Morgan fingerprint density at radius 1 is 0.923 bits per heavy atom. The Hall–Kier alpha value is -4.39. The lowest BCUT2D eigenvalue weighted by Gasteiger charge is -2.30. The molecule has 1 heterocycles. The van der Waals surface area contributed by atoms with Crippen molar-refractivity contribution >= 4 is 17.3 Å². The third kappa shape index (κ3) is 5.17. The minimum Gasteiger partial charge on any atom is -0.459 e. The maximum atomic E-state index is 13.4. The van der Waals surface area contributed by atoms with Gasteiger partial charge >= 0.3 is 0 Å². The van der Waals surface area contributed by atoms with Gasteiger partial charge in [-0.3, -0.25) is 4.79 Å². The molecule has 0 saturated heterocycles. The zero-order chi connectivity index (χ0) is 26.8. The number of anilines is 2. The Labute approximate surface area is 227 Å². The van der Waals surface area contributed by atoms with Gasteiger partial charge in [-0.15, -0.1) is 0 Å². The van der Waals surface area contributed by atoms with E-state index in [9.17, 15) is 9.90 Å². The maximum absolute atomic E-state index is 13.4. The van der Waals surface area contributed by atoms with E-state index in [1.54, 1.807) is 12.1 Å². The fraction of sp³-hybridized carbons (Fsp3) is 0.182. The normalized spacial score (nSPS) is 17.5. The van der Waals surface area contributed by atoms with E-state index in [0.717, 1.165) is 17.5 Å². The molecule has 6 nitrogen and oxygen atoms in total. The molecule has 4 N–H and O–H groups in total. The van der Waals surface area contributed by atoms with Crippen molar-refractivity contribution in [3.63, 3.8) is 0 Å². The number of carbonyl (C=O) groups is 1. The van der Waals surface area contributed by atoms with Gasteiger partial charge in [0.2, 0.25) is 6.29 Å². The Kier molecular flexibility index (Phi) is 6.88. The lowest BCUT2D eigenvalue weighted by Crippen LogP contribution is -2.29. The number of hydrogen-bond donors (Lipinski definition) is 3.